The van der Waals surface area contributed by atoms with Crippen LogP contribution in [0.15, 0.2) is 11.6 Å². The van der Waals surface area contributed by atoms with Gasteiger partial charge in [0.05, 0.1) is 18.0 Å². The fourth-order valence-corrected chi connectivity index (χ4v) is 2.03. The Kier molecular flexibility index (Phi) is 1.86. The molecule has 4 heteroatoms. The Morgan fingerprint density at radius 2 is 2.50 bits per heavy atom. The molecule has 2 aromatic rings. The number of aryl methyl sites for hydroxylation is 1. The molecule has 0 radical (unpaired) electrons. The van der Waals surface area contributed by atoms with Crippen molar-refractivity contribution in [3.05, 3.63) is 23.0 Å². The van der Waals surface area contributed by atoms with E-state index in [-0.39, 0.29) is 0 Å². The summed E-state index contributed by atoms with van der Waals surface area (Å²) >= 11 is 1.64. The summed E-state index contributed by atoms with van der Waals surface area (Å²) in [5, 5.41) is 2.03. The van der Waals surface area contributed by atoms with Crippen LogP contribution in [0.1, 0.15) is 11.4 Å². The Labute approximate surface area is 74.6 Å². The van der Waals surface area contributed by atoms with Gasteiger partial charge in [-0.15, -0.1) is 11.3 Å². The van der Waals surface area contributed by atoms with Crippen molar-refractivity contribution in [3.63, 3.8) is 0 Å². The number of aromatic nitrogens is 2. The van der Waals surface area contributed by atoms with E-state index in [1.165, 1.54) is 0 Å². The molecule has 0 spiro atoms. The van der Waals surface area contributed by atoms with Crippen LogP contribution in [0.25, 0.3) is 4.96 Å². The van der Waals surface area contributed by atoms with Crippen molar-refractivity contribution >= 4 is 16.3 Å². The molecule has 0 aliphatic rings. The lowest BCUT2D eigenvalue weighted by Gasteiger charge is -1.97. The average molecular weight is 182 g/mol. The molecule has 0 atom stereocenters. The minimum absolute atomic E-state index is 0.629. The van der Waals surface area contributed by atoms with Crippen molar-refractivity contribution in [2.45, 2.75) is 13.5 Å². The molecule has 64 valence electrons. The molecule has 0 aromatic carbocycles. The second-order valence-corrected chi connectivity index (χ2v) is 3.51. The van der Waals surface area contributed by atoms with E-state index in [1.807, 2.05) is 18.5 Å². The maximum absolute atomic E-state index is 5.09. The van der Waals surface area contributed by atoms with Gasteiger partial charge in [-0.2, -0.15) is 0 Å². The summed E-state index contributed by atoms with van der Waals surface area (Å²) < 4.78 is 7.16. The van der Waals surface area contributed by atoms with Crippen LogP contribution in [-0.2, 0) is 11.3 Å². The van der Waals surface area contributed by atoms with Crippen LogP contribution < -0.4 is 0 Å². The summed E-state index contributed by atoms with van der Waals surface area (Å²) in [7, 11) is 1.70. The fourth-order valence-electron chi connectivity index (χ4n) is 1.25. The van der Waals surface area contributed by atoms with Crippen LogP contribution in [0.5, 0.6) is 0 Å². The maximum atomic E-state index is 5.09. The van der Waals surface area contributed by atoms with E-state index in [4.69, 9.17) is 4.74 Å². The lowest BCUT2D eigenvalue weighted by atomic mass is 10.4. The molecule has 0 unspecified atom stereocenters. The molecule has 2 aromatic heterocycles. The highest BCUT2D eigenvalue weighted by Crippen LogP contribution is 2.16. The Bertz CT molecular complexity index is 391. The summed E-state index contributed by atoms with van der Waals surface area (Å²) in [6.45, 7) is 2.64. The number of methoxy groups -OCH3 is 1. The first-order valence-corrected chi connectivity index (χ1v) is 4.61. The van der Waals surface area contributed by atoms with E-state index >= 15 is 0 Å². The second kappa shape index (κ2) is 2.88. The highest BCUT2D eigenvalue weighted by molar-refractivity contribution is 7.15. The number of hydrogen-bond donors (Lipinski definition) is 0. The lowest BCUT2D eigenvalue weighted by molar-refractivity contribution is 0.180. The lowest BCUT2D eigenvalue weighted by Crippen LogP contribution is -1.93. The number of rotatable bonds is 2. The summed E-state index contributed by atoms with van der Waals surface area (Å²) in [4.78, 5) is 5.43. The van der Waals surface area contributed by atoms with Gasteiger partial charge >= 0.3 is 0 Å². The van der Waals surface area contributed by atoms with Crippen molar-refractivity contribution in [2.24, 2.45) is 0 Å². The molecule has 0 N–H and O–H groups in total. The van der Waals surface area contributed by atoms with Crippen LogP contribution in [-0.4, -0.2) is 16.5 Å². The molecule has 12 heavy (non-hydrogen) atoms. The fraction of sp³-hybridized carbons (Fsp3) is 0.375. The minimum atomic E-state index is 0.629. The van der Waals surface area contributed by atoms with E-state index in [0.717, 1.165) is 16.3 Å². The van der Waals surface area contributed by atoms with Gasteiger partial charge in [-0.25, -0.2) is 4.98 Å². The monoisotopic (exact) mass is 182 g/mol. The Hall–Kier alpha value is -0.870. The summed E-state index contributed by atoms with van der Waals surface area (Å²) in [5.41, 5.74) is 2.21. The quantitative estimate of drug-likeness (QED) is 0.708. The molecule has 0 saturated heterocycles. The molecular weight excluding hydrogens is 172 g/mol. The largest absolute Gasteiger partial charge is 0.378 e. The number of ether oxygens (including phenoxy) is 1. The number of thiazole rings is 1. The average Bonchev–Trinajstić information content (AvgIpc) is 2.56. The first kappa shape index (κ1) is 7.76. The van der Waals surface area contributed by atoms with Crippen molar-refractivity contribution in [1.29, 1.82) is 0 Å². The van der Waals surface area contributed by atoms with Crippen LogP contribution in [0.2, 0.25) is 0 Å². The van der Waals surface area contributed by atoms with E-state index in [0.29, 0.717) is 6.61 Å². The Balaban J connectivity index is 2.59. The predicted octanol–water partition coefficient (Wildman–Crippen LogP) is 1.85. The van der Waals surface area contributed by atoms with Crippen molar-refractivity contribution in [3.8, 4) is 0 Å². The molecule has 2 heterocycles. The number of hydrogen-bond acceptors (Lipinski definition) is 3. The minimum Gasteiger partial charge on any atom is -0.378 e. The van der Waals surface area contributed by atoms with Crippen LogP contribution in [0.4, 0.5) is 0 Å². The van der Waals surface area contributed by atoms with Gasteiger partial charge in [-0.3, -0.25) is 4.40 Å². The van der Waals surface area contributed by atoms with Gasteiger partial charge in [-0.05, 0) is 6.92 Å². The van der Waals surface area contributed by atoms with Gasteiger partial charge in [-0.1, -0.05) is 0 Å². The van der Waals surface area contributed by atoms with Gasteiger partial charge in [0.15, 0.2) is 4.96 Å². The van der Waals surface area contributed by atoms with Crippen molar-refractivity contribution in [2.75, 3.05) is 7.11 Å². The predicted molar refractivity (Wildman–Crippen MR) is 48.5 cm³/mol. The number of nitrogens with zero attached hydrogens (tertiary/aromatic N) is 2. The molecule has 0 aliphatic carbocycles. The third-order valence-electron chi connectivity index (χ3n) is 1.84. The maximum Gasteiger partial charge on any atom is 0.194 e. The molecule has 0 bridgehead atoms. The zero-order chi connectivity index (χ0) is 8.55. The molecule has 0 saturated carbocycles. The van der Waals surface area contributed by atoms with E-state index in [9.17, 15) is 0 Å². The second-order valence-electron chi connectivity index (χ2n) is 2.63. The van der Waals surface area contributed by atoms with Crippen LogP contribution in [0, 0.1) is 6.92 Å². The smallest absolute Gasteiger partial charge is 0.194 e. The van der Waals surface area contributed by atoms with Crippen LogP contribution >= 0.6 is 11.3 Å². The molecule has 2 rings (SSSR count). The highest BCUT2D eigenvalue weighted by atomic mass is 32.1. The van der Waals surface area contributed by atoms with Crippen molar-refractivity contribution in [1.82, 2.24) is 9.38 Å². The van der Waals surface area contributed by atoms with E-state index in [2.05, 4.69) is 9.38 Å². The van der Waals surface area contributed by atoms with Gasteiger partial charge in [0.2, 0.25) is 0 Å². The molecular formula is C8H10N2OS. The highest BCUT2D eigenvalue weighted by Gasteiger charge is 2.07. The number of fused-ring (bicyclic) bond motifs is 1. The van der Waals surface area contributed by atoms with E-state index in [1.54, 1.807) is 18.4 Å². The first-order chi connectivity index (χ1) is 5.83. The van der Waals surface area contributed by atoms with Crippen LogP contribution in [0.3, 0.4) is 0 Å². The zero-order valence-corrected chi connectivity index (χ0v) is 7.89. The van der Waals surface area contributed by atoms with Crippen molar-refractivity contribution < 1.29 is 4.74 Å². The first-order valence-electron chi connectivity index (χ1n) is 3.73. The third-order valence-corrected chi connectivity index (χ3v) is 2.60. The van der Waals surface area contributed by atoms with E-state index < -0.39 is 0 Å². The SMILES string of the molecule is COCc1c(C)nc2sccn12. The summed E-state index contributed by atoms with van der Waals surface area (Å²) in [6, 6.07) is 0. The van der Waals surface area contributed by atoms with Gasteiger partial charge < -0.3 is 4.74 Å². The number of imidazole rings is 1. The molecule has 0 aliphatic heterocycles. The summed E-state index contributed by atoms with van der Waals surface area (Å²) in [5.74, 6) is 0. The summed E-state index contributed by atoms with van der Waals surface area (Å²) in [6.07, 6.45) is 2.02. The van der Waals surface area contributed by atoms with Gasteiger partial charge in [0, 0.05) is 18.7 Å². The Morgan fingerprint density at radius 1 is 1.67 bits per heavy atom. The third kappa shape index (κ3) is 1.04. The standard InChI is InChI=1S/C8H10N2OS/c1-6-7(5-11-2)10-3-4-12-8(10)9-6/h3-4H,5H2,1-2H3. The zero-order valence-electron chi connectivity index (χ0n) is 7.07. The van der Waals surface area contributed by atoms with Gasteiger partial charge in [0.1, 0.15) is 0 Å². The Morgan fingerprint density at radius 3 is 3.25 bits per heavy atom. The molecule has 0 amide bonds. The normalized spacial score (nSPS) is 11.2. The topological polar surface area (TPSA) is 26.5 Å². The molecule has 0 fully saturated rings. The molecule has 3 nitrogen and oxygen atoms in total. The van der Waals surface area contributed by atoms with Gasteiger partial charge in [0.25, 0.3) is 0 Å².